The molecule has 0 amide bonds. The number of methoxy groups -OCH3 is 2. The van der Waals surface area contributed by atoms with Crippen LogP contribution in [0.1, 0.15) is 11.1 Å². The number of hydrogen-bond donors (Lipinski definition) is 0. The van der Waals surface area contributed by atoms with Crippen molar-refractivity contribution < 1.29 is 18.8 Å². The summed E-state index contributed by atoms with van der Waals surface area (Å²) in [5, 5.41) is 19.3. The van der Waals surface area contributed by atoms with Crippen LogP contribution in [0.3, 0.4) is 0 Å². The Bertz CT molecular complexity index is 1230. The normalized spacial score (nSPS) is 10.6. The summed E-state index contributed by atoms with van der Waals surface area (Å²) in [4.78, 5) is 12.4. The van der Waals surface area contributed by atoms with Crippen molar-refractivity contribution in [3.8, 4) is 23.0 Å². The van der Waals surface area contributed by atoms with Gasteiger partial charge >= 0.3 is 6.01 Å². The Labute approximate surface area is 190 Å². The second-order valence-electron chi connectivity index (χ2n) is 7.21. The number of nitrogens with zero attached hydrogens (tertiary/aromatic N) is 4. The number of rotatable bonds is 9. The molecular weight excluding hydrogens is 424 g/mol. The molecule has 0 aliphatic rings. The molecule has 0 bridgehead atoms. The highest BCUT2D eigenvalue weighted by Gasteiger charge is 2.19. The molecule has 0 saturated carbocycles. The third-order valence-corrected chi connectivity index (χ3v) is 5.08. The summed E-state index contributed by atoms with van der Waals surface area (Å²) in [5.74, 6) is 1.66. The third kappa shape index (κ3) is 5.09. The summed E-state index contributed by atoms with van der Waals surface area (Å²) in [6.07, 6.45) is 0. The second-order valence-corrected chi connectivity index (χ2v) is 7.21. The Morgan fingerprint density at radius 2 is 1.70 bits per heavy atom. The molecule has 4 aromatic rings. The first-order valence-electron chi connectivity index (χ1n) is 10.2. The van der Waals surface area contributed by atoms with Crippen LogP contribution in [0.15, 0.2) is 77.2 Å². The maximum atomic E-state index is 10.9. The molecule has 1 heterocycles. The van der Waals surface area contributed by atoms with Crippen LogP contribution in [0.25, 0.3) is 11.5 Å². The van der Waals surface area contributed by atoms with Gasteiger partial charge in [-0.15, -0.1) is 5.10 Å². The molecule has 0 N–H and O–H groups in total. The van der Waals surface area contributed by atoms with Gasteiger partial charge in [0.2, 0.25) is 5.89 Å². The first-order chi connectivity index (χ1) is 16.1. The zero-order valence-corrected chi connectivity index (χ0v) is 18.2. The summed E-state index contributed by atoms with van der Waals surface area (Å²) in [5.41, 5.74) is 2.58. The average Bonchev–Trinajstić information content (AvgIpc) is 3.35. The number of hydrogen-bond acceptors (Lipinski definition) is 8. The maximum Gasteiger partial charge on any atom is 0.319 e. The van der Waals surface area contributed by atoms with Crippen LogP contribution >= 0.6 is 0 Å². The fourth-order valence-corrected chi connectivity index (χ4v) is 3.37. The van der Waals surface area contributed by atoms with Gasteiger partial charge in [-0.1, -0.05) is 35.4 Å². The minimum Gasteiger partial charge on any atom is -0.497 e. The van der Waals surface area contributed by atoms with Crippen molar-refractivity contribution >= 4 is 11.7 Å². The number of anilines is 1. The Hall–Kier alpha value is -4.40. The van der Waals surface area contributed by atoms with E-state index in [2.05, 4.69) is 10.2 Å². The van der Waals surface area contributed by atoms with Crippen molar-refractivity contribution in [2.24, 2.45) is 0 Å². The third-order valence-electron chi connectivity index (χ3n) is 5.08. The fourth-order valence-electron chi connectivity index (χ4n) is 3.37. The molecule has 0 radical (unpaired) electrons. The van der Waals surface area contributed by atoms with Gasteiger partial charge in [-0.05, 0) is 29.8 Å². The Morgan fingerprint density at radius 3 is 2.36 bits per heavy atom. The van der Waals surface area contributed by atoms with E-state index < -0.39 is 4.92 Å². The molecule has 0 aliphatic heterocycles. The summed E-state index contributed by atoms with van der Waals surface area (Å²) in [6, 6.07) is 21.9. The van der Waals surface area contributed by atoms with Crippen molar-refractivity contribution in [3.05, 3.63) is 94.0 Å². The zero-order chi connectivity index (χ0) is 23.2. The van der Waals surface area contributed by atoms with Crippen molar-refractivity contribution in [1.29, 1.82) is 0 Å². The van der Waals surface area contributed by atoms with Crippen molar-refractivity contribution in [3.63, 3.8) is 0 Å². The predicted octanol–water partition coefficient (Wildman–Crippen LogP) is 4.87. The molecule has 3 aromatic carbocycles. The minimum atomic E-state index is -0.452. The van der Waals surface area contributed by atoms with Gasteiger partial charge < -0.3 is 18.8 Å². The van der Waals surface area contributed by atoms with Crippen LogP contribution in [-0.2, 0) is 13.1 Å². The predicted molar refractivity (Wildman–Crippen MR) is 122 cm³/mol. The second kappa shape index (κ2) is 9.82. The molecule has 33 heavy (non-hydrogen) atoms. The molecular formula is C24H22N4O5. The van der Waals surface area contributed by atoms with E-state index >= 15 is 0 Å². The number of ether oxygens (including phenoxy) is 2. The van der Waals surface area contributed by atoms with Gasteiger partial charge in [0, 0.05) is 35.9 Å². The zero-order valence-electron chi connectivity index (χ0n) is 18.2. The highest BCUT2D eigenvalue weighted by molar-refractivity contribution is 5.56. The molecule has 9 heteroatoms. The average molecular weight is 446 g/mol. The Morgan fingerprint density at radius 1 is 0.939 bits per heavy atom. The van der Waals surface area contributed by atoms with Gasteiger partial charge in [0.05, 0.1) is 25.7 Å². The number of non-ortho nitro benzene ring substituents is 1. The summed E-state index contributed by atoms with van der Waals surface area (Å²) in [7, 11) is 3.22. The van der Waals surface area contributed by atoms with E-state index in [0.717, 1.165) is 11.1 Å². The van der Waals surface area contributed by atoms with Crippen LogP contribution in [0.5, 0.6) is 11.5 Å². The van der Waals surface area contributed by atoms with E-state index in [-0.39, 0.29) is 11.6 Å². The maximum absolute atomic E-state index is 10.9. The van der Waals surface area contributed by atoms with Gasteiger partial charge in [0.25, 0.3) is 5.69 Å². The molecule has 168 valence electrons. The first-order valence-corrected chi connectivity index (χ1v) is 10.2. The smallest absolute Gasteiger partial charge is 0.319 e. The van der Waals surface area contributed by atoms with E-state index in [1.54, 1.807) is 26.4 Å². The molecule has 0 fully saturated rings. The van der Waals surface area contributed by atoms with Gasteiger partial charge in [-0.25, -0.2) is 0 Å². The van der Waals surface area contributed by atoms with Crippen LogP contribution in [0.2, 0.25) is 0 Å². The van der Waals surface area contributed by atoms with Gasteiger partial charge in [-0.2, -0.15) is 0 Å². The molecule has 0 spiro atoms. The highest BCUT2D eigenvalue weighted by atomic mass is 16.6. The lowest BCUT2D eigenvalue weighted by molar-refractivity contribution is -0.384. The van der Waals surface area contributed by atoms with E-state index in [0.29, 0.717) is 36.2 Å². The fraction of sp³-hybridized carbons (Fsp3) is 0.167. The van der Waals surface area contributed by atoms with Crippen molar-refractivity contribution in [2.75, 3.05) is 19.1 Å². The molecule has 1 aromatic heterocycles. The molecule has 4 rings (SSSR count). The topological polar surface area (TPSA) is 104 Å². The lowest BCUT2D eigenvalue weighted by atomic mass is 10.1. The SMILES string of the molecule is COc1ccc(CN(Cc2ccccc2)c2nnc(-c3ccc([N+](=O)[O-])cc3)o2)c(OC)c1. The quantitative estimate of drug-likeness (QED) is 0.265. The van der Waals surface area contributed by atoms with E-state index in [1.807, 2.05) is 53.4 Å². The van der Waals surface area contributed by atoms with Crippen LogP contribution in [0, 0.1) is 10.1 Å². The van der Waals surface area contributed by atoms with Crippen LogP contribution in [-0.4, -0.2) is 29.3 Å². The van der Waals surface area contributed by atoms with Crippen molar-refractivity contribution in [1.82, 2.24) is 10.2 Å². The standard InChI is InChI=1S/C24H22N4O5/c1-31-21-13-10-19(22(14-21)32-2)16-27(15-17-6-4-3-5-7-17)24-26-25-23(33-24)18-8-11-20(12-9-18)28(29)30/h3-14H,15-16H2,1-2H3. The molecule has 9 nitrogen and oxygen atoms in total. The lowest BCUT2D eigenvalue weighted by Crippen LogP contribution is -2.22. The number of nitro benzene ring substituents is 1. The van der Waals surface area contributed by atoms with Gasteiger partial charge in [0.15, 0.2) is 0 Å². The molecule has 0 unspecified atom stereocenters. The summed E-state index contributed by atoms with van der Waals surface area (Å²) in [6.45, 7) is 0.974. The summed E-state index contributed by atoms with van der Waals surface area (Å²) >= 11 is 0. The minimum absolute atomic E-state index is 0.00389. The van der Waals surface area contributed by atoms with Gasteiger partial charge in [0.1, 0.15) is 11.5 Å². The van der Waals surface area contributed by atoms with Crippen molar-refractivity contribution in [2.45, 2.75) is 13.1 Å². The number of benzene rings is 3. The monoisotopic (exact) mass is 446 g/mol. The Kier molecular flexibility index (Phi) is 6.49. The van der Waals surface area contributed by atoms with Crippen LogP contribution in [0.4, 0.5) is 11.7 Å². The van der Waals surface area contributed by atoms with E-state index in [4.69, 9.17) is 13.9 Å². The van der Waals surface area contributed by atoms with Gasteiger partial charge in [-0.3, -0.25) is 10.1 Å². The Balaban J connectivity index is 1.65. The van der Waals surface area contributed by atoms with E-state index in [9.17, 15) is 10.1 Å². The molecule has 0 aliphatic carbocycles. The van der Waals surface area contributed by atoms with E-state index in [1.165, 1.54) is 12.1 Å². The largest absolute Gasteiger partial charge is 0.497 e. The molecule has 0 saturated heterocycles. The lowest BCUT2D eigenvalue weighted by Gasteiger charge is -2.22. The number of nitro groups is 1. The first kappa shape index (κ1) is 21.8. The highest BCUT2D eigenvalue weighted by Crippen LogP contribution is 2.30. The number of aromatic nitrogens is 2. The molecule has 0 atom stereocenters. The summed E-state index contributed by atoms with van der Waals surface area (Å²) < 4.78 is 16.8. The van der Waals surface area contributed by atoms with Crippen LogP contribution < -0.4 is 14.4 Å².